The highest BCUT2D eigenvalue weighted by atomic mass is 14.9. The largest absolute Gasteiger partial charge is 3.00 e. The van der Waals surface area contributed by atoms with E-state index < -0.39 is 0 Å². The number of hydrogen-bond donors (Lipinski definition) is 3. The van der Waals surface area contributed by atoms with Crippen LogP contribution in [0.2, 0.25) is 0 Å². The molecule has 0 aliphatic carbocycles. The van der Waals surface area contributed by atoms with Crippen LogP contribution in [-0.4, -0.2) is 5.96 Å². The van der Waals surface area contributed by atoms with Gasteiger partial charge in [0, 0.05) is 0 Å². The van der Waals surface area contributed by atoms with Gasteiger partial charge >= 0.3 is 6.15 Å². The first-order chi connectivity index (χ1) is 1.73. The molecule has 2 radical (unpaired) electrons. The van der Waals surface area contributed by atoms with Gasteiger partial charge in [-0.15, -0.1) is 0 Å². The van der Waals surface area contributed by atoms with Crippen LogP contribution in [0, 0.1) is 5.41 Å². The maximum atomic E-state index is 6.06. The summed E-state index contributed by atoms with van der Waals surface area (Å²) in [5.41, 5.74) is 8.94. The highest BCUT2D eigenvalue weighted by molar-refractivity contribution is 5.71. The van der Waals surface area contributed by atoms with Gasteiger partial charge in [0.2, 0.25) is 0 Å². The zero-order valence-corrected chi connectivity index (χ0v) is 2.60. The summed E-state index contributed by atoms with van der Waals surface area (Å²) in [7, 11) is 0. The molecule has 0 aromatic rings. The Bertz CT molecular complexity index is 26.6. The molecule has 0 saturated carbocycles. The Morgan fingerprint density at radius 2 is 1.40 bits per heavy atom. The standard InChI is InChI=1S/CH5N3.N/c2-1(3)4;/h(H5,2,3,4);/q;+3. The molecule has 0 heterocycles. The van der Waals surface area contributed by atoms with E-state index in [1.54, 1.807) is 0 Å². The van der Waals surface area contributed by atoms with Crippen LogP contribution in [0.1, 0.15) is 0 Å². The first-order valence-electron chi connectivity index (χ1n) is 0.827. The van der Waals surface area contributed by atoms with Crippen molar-refractivity contribution in [1.82, 2.24) is 6.15 Å². The summed E-state index contributed by atoms with van der Waals surface area (Å²) < 4.78 is 0. The highest BCUT2D eigenvalue weighted by Gasteiger charge is 3.00. The Balaban J connectivity index is 0. The van der Waals surface area contributed by atoms with E-state index in [0.29, 0.717) is 0 Å². The van der Waals surface area contributed by atoms with Crippen molar-refractivity contribution >= 4 is 5.96 Å². The second kappa shape index (κ2) is 2.98. The molecule has 5 heavy (non-hydrogen) atoms. The topological polar surface area (TPSA) is 106 Å². The fourth-order valence-corrected chi connectivity index (χ4v) is 0. The van der Waals surface area contributed by atoms with Crippen LogP contribution < -0.4 is 17.6 Å². The van der Waals surface area contributed by atoms with Crippen molar-refractivity contribution in [2.75, 3.05) is 0 Å². The molecule has 0 aromatic carbocycles. The van der Waals surface area contributed by atoms with Gasteiger partial charge < -0.3 is 11.5 Å². The molecule has 0 aliphatic heterocycles. The quantitative estimate of drug-likeness (QED) is 0.236. The highest BCUT2D eigenvalue weighted by Crippen LogP contribution is 1.13. The van der Waals surface area contributed by atoms with Crippen molar-refractivity contribution in [3.05, 3.63) is 0 Å². The monoisotopic (exact) mass is 73.0 g/mol. The third-order valence-electron chi connectivity index (χ3n) is 0. The lowest BCUT2D eigenvalue weighted by atomic mass is 11.1. The van der Waals surface area contributed by atoms with Gasteiger partial charge in [0.05, 0.1) is 0 Å². The summed E-state index contributed by atoms with van der Waals surface area (Å²) in [6.07, 6.45) is 0. The Kier molecular flexibility index (Phi) is 5.37. The lowest BCUT2D eigenvalue weighted by Crippen LogP contribution is -2.20. The van der Waals surface area contributed by atoms with Gasteiger partial charge in [0.25, 0.3) is 0 Å². The third-order valence-corrected chi connectivity index (χ3v) is 0. The SMILES string of the molecule is N=C(N)N.[N+3]. The molecule has 26 valence electrons. The molecule has 4 heteroatoms. The smallest absolute Gasteiger partial charge is 0.370 e. The molecule has 5 N–H and O–H groups in total. The van der Waals surface area contributed by atoms with E-state index in [2.05, 4.69) is 11.5 Å². The molecule has 4 nitrogen and oxygen atoms in total. The van der Waals surface area contributed by atoms with Gasteiger partial charge in [-0.05, 0) is 0 Å². The zero-order valence-electron chi connectivity index (χ0n) is 2.60. The minimum atomic E-state index is -0.333. The van der Waals surface area contributed by atoms with Gasteiger partial charge in [-0.3, -0.25) is 5.41 Å². The second-order valence-electron chi connectivity index (χ2n) is 0.455. The van der Waals surface area contributed by atoms with E-state index in [1.807, 2.05) is 0 Å². The Hall–Kier alpha value is -1.02. The summed E-state index contributed by atoms with van der Waals surface area (Å²) in [4.78, 5) is 0. The first-order valence-corrected chi connectivity index (χ1v) is 0.827. The normalized spacial score (nSPS) is 4.80. The average Bonchev–Trinajstić information content (AvgIpc) is 0.811. The van der Waals surface area contributed by atoms with Crippen LogP contribution in [0.5, 0.6) is 0 Å². The molecule has 0 fully saturated rings. The molecule has 0 bridgehead atoms. The number of nitrogens with one attached hydrogen (secondary N) is 1. The third kappa shape index (κ3) is 2.75. The second-order valence-corrected chi connectivity index (χ2v) is 0.455. The van der Waals surface area contributed by atoms with E-state index in [0.717, 1.165) is 0 Å². The van der Waals surface area contributed by atoms with Crippen molar-refractivity contribution < 1.29 is 0 Å². The molecule has 0 rings (SSSR count). The number of nitrogens with zero attached hydrogens (tertiary/aromatic N) is 1. The lowest BCUT2D eigenvalue weighted by Gasteiger charge is -1.69. The molecular formula is CH5N4+3. The van der Waals surface area contributed by atoms with Gasteiger partial charge in [-0.25, -0.2) is 0 Å². The maximum Gasteiger partial charge on any atom is 3.00 e. The fourth-order valence-electron chi connectivity index (χ4n) is 0. The fraction of sp³-hybridized carbons (Fsp3) is 0. The van der Waals surface area contributed by atoms with E-state index in [4.69, 9.17) is 5.41 Å². The summed E-state index contributed by atoms with van der Waals surface area (Å²) in [6.45, 7) is 0. The van der Waals surface area contributed by atoms with E-state index >= 15 is 0 Å². The van der Waals surface area contributed by atoms with Crippen LogP contribution in [0.4, 0.5) is 0 Å². The van der Waals surface area contributed by atoms with Gasteiger partial charge in [0.1, 0.15) is 0 Å². The van der Waals surface area contributed by atoms with Crippen molar-refractivity contribution in [1.29, 1.82) is 5.41 Å². The molecule has 0 amide bonds. The van der Waals surface area contributed by atoms with E-state index in [9.17, 15) is 0 Å². The number of guanidine groups is 1. The molecule has 0 aromatic heterocycles. The Labute approximate surface area is 30.2 Å². The van der Waals surface area contributed by atoms with Gasteiger partial charge in [-0.1, -0.05) is 0 Å². The Morgan fingerprint density at radius 3 is 1.40 bits per heavy atom. The number of nitrogens with two attached hydrogens (primary N) is 2. The van der Waals surface area contributed by atoms with Crippen LogP contribution in [0.3, 0.4) is 0 Å². The van der Waals surface area contributed by atoms with Crippen LogP contribution in [-0.2, 0) is 0 Å². The minimum absolute atomic E-state index is 0. The average molecular weight is 73.1 g/mol. The minimum Gasteiger partial charge on any atom is -0.370 e. The van der Waals surface area contributed by atoms with Crippen LogP contribution in [0.25, 0.3) is 0 Å². The van der Waals surface area contributed by atoms with Gasteiger partial charge in [-0.2, -0.15) is 0 Å². The molecule has 0 aliphatic rings. The van der Waals surface area contributed by atoms with Crippen LogP contribution >= 0.6 is 0 Å². The molecular weight excluding hydrogens is 68.0 g/mol. The number of rotatable bonds is 0. The lowest BCUT2D eigenvalue weighted by molar-refractivity contribution is 1.39. The van der Waals surface area contributed by atoms with E-state index in [-0.39, 0.29) is 12.1 Å². The molecule has 0 atom stereocenters. The molecule has 0 spiro atoms. The first kappa shape index (κ1) is 9.02. The van der Waals surface area contributed by atoms with Gasteiger partial charge in [0.15, 0.2) is 5.96 Å². The molecule has 0 saturated heterocycles. The summed E-state index contributed by atoms with van der Waals surface area (Å²) in [5.74, 6) is -0.333. The maximum absolute atomic E-state index is 6.06. The van der Waals surface area contributed by atoms with Crippen molar-refractivity contribution in [3.8, 4) is 0 Å². The summed E-state index contributed by atoms with van der Waals surface area (Å²) in [6, 6.07) is 0. The van der Waals surface area contributed by atoms with Crippen molar-refractivity contribution in [2.45, 2.75) is 0 Å². The summed E-state index contributed by atoms with van der Waals surface area (Å²) in [5, 5.41) is 6.06. The van der Waals surface area contributed by atoms with Crippen molar-refractivity contribution in [2.24, 2.45) is 11.5 Å². The number of hydrogen-bond acceptors (Lipinski definition) is 1. The van der Waals surface area contributed by atoms with Crippen molar-refractivity contribution in [3.63, 3.8) is 0 Å². The van der Waals surface area contributed by atoms with E-state index in [1.165, 1.54) is 0 Å². The molecule has 0 unspecified atom stereocenters. The predicted octanol–water partition coefficient (Wildman–Crippen LogP) is -1.64. The zero-order chi connectivity index (χ0) is 3.58. The Morgan fingerprint density at radius 1 is 1.40 bits per heavy atom. The van der Waals surface area contributed by atoms with Crippen LogP contribution in [0.15, 0.2) is 0 Å². The predicted molar refractivity (Wildman–Crippen MR) is 18.2 cm³/mol. The summed E-state index contributed by atoms with van der Waals surface area (Å²) >= 11 is 0.